The summed E-state index contributed by atoms with van der Waals surface area (Å²) in [6, 6.07) is 16.0. The lowest BCUT2D eigenvalue weighted by Crippen LogP contribution is -2.13. The number of amides is 1. The number of carbonyl (C=O) groups is 2. The number of furan rings is 1. The lowest BCUT2D eigenvalue weighted by atomic mass is 10.1. The first-order valence-electron chi connectivity index (χ1n) is 10.8. The molecule has 0 saturated carbocycles. The van der Waals surface area contributed by atoms with Gasteiger partial charge in [-0.25, -0.2) is 9.18 Å². The van der Waals surface area contributed by atoms with Gasteiger partial charge in [-0.05, 0) is 61.9 Å². The van der Waals surface area contributed by atoms with Crippen LogP contribution in [0.4, 0.5) is 10.1 Å². The average molecular weight is 477 g/mol. The number of methoxy groups -OCH3 is 1. The van der Waals surface area contributed by atoms with E-state index < -0.39 is 11.9 Å². The summed E-state index contributed by atoms with van der Waals surface area (Å²) in [6.45, 7) is 4.05. The molecule has 0 bridgehead atoms. The van der Waals surface area contributed by atoms with Gasteiger partial charge in [0.1, 0.15) is 23.9 Å². The predicted octanol–water partition coefficient (Wildman–Crippen LogP) is 4.90. The highest BCUT2D eigenvalue weighted by molar-refractivity contribution is 6.03. The third-order valence-electron chi connectivity index (χ3n) is 5.44. The minimum Gasteiger partial charge on any atom is -0.486 e. The van der Waals surface area contributed by atoms with E-state index in [1.165, 1.54) is 31.4 Å². The summed E-state index contributed by atoms with van der Waals surface area (Å²) in [5, 5.41) is 7.38. The number of nitrogens with zero attached hydrogens (tertiary/aromatic N) is 2. The molecule has 0 radical (unpaired) electrons. The zero-order valence-electron chi connectivity index (χ0n) is 19.5. The molecular weight excluding hydrogens is 453 g/mol. The van der Waals surface area contributed by atoms with Crippen molar-refractivity contribution < 1.29 is 27.9 Å². The summed E-state index contributed by atoms with van der Waals surface area (Å²) in [5.74, 6) is -0.156. The molecule has 0 aliphatic carbocycles. The minimum atomic E-state index is -0.432. The molecule has 0 saturated heterocycles. The molecular formula is C26H24FN3O5. The number of carbonyl (C=O) groups excluding carboxylic acids is 2. The van der Waals surface area contributed by atoms with Gasteiger partial charge >= 0.3 is 5.97 Å². The highest BCUT2D eigenvalue weighted by Crippen LogP contribution is 2.23. The van der Waals surface area contributed by atoms with Crippen molar-refractivity contribution in [2.45, 2.75) is 27.0 Å². The number of halogens is 1. The van der Waals surface area contributed by atoms with Gasteiger partial charge in [0, 0.05) is 0 Å². The number of anilines is 1. The van der Waals surface area contributed by atoms with E-state index >= 15 is 0 Å². The molecule has 35 heavy (non-hydrogen) atoms. The van der Waals surface area contributed by atoms with Crippen LogP contribution in [0.1, 0.15) is 43.6 Å². The Morgan fingerprint density at radius 2 is 1.80 bits per heavy atom. The van der Waals surface area contributed by atoms with Gasteiger partial charge in [0.25, 0.3) is 5.91 Å². The maximum absolute atomic E-state index is 13.0. The second-order valence-electron chi connectivity index (χ2n) is 7.81. The second kappa shape index (κ2) is 10.3. The fourth-order valence-corrected chi connectivity index (χ4v) is 3.60. The molecule has 4 aromatic rings. The number of rotatable bonds is 8. The first-order chi connectivity index (χ1) is 16.9. The average Bonchev–Trinajstić information content (AvgIpc) is 3.44. The Balaban J connectivity index is 1.44. The first kappa shape index (κ1) is 23.7. The van der Waals surface area contributed by atoms with Crippen molar-refractivity contribution in [1.82, 2.24) is 9.78 Å². The van der Waals surface area contributed by atoms with Crippen LogP contribution in [0.25, 0.3) is 0 Å². The van der Waals surface area contributed by atoms with Crippen molar-refractivity contribution in [2.75, 3.05) is 12.4 Å². The van der Waals surface area contributed by atoms with Gasteiger partial charge in [-0.2, -0.15) is 5.10 Å². The third-order valence-corrected chi connectivity index (χ3v) is 5.44. The summed E-state index contributed by atoms with van der Waals surface area (Å²) < 4.78 is 30.8. The van der Waals surface area contributed by atoms with Crippen molar-refractivity contribution in [1.29, 1.82) is 0 Å². The number of benzene rings is 2. The Kier molecular flexibility index (Phi) is 6.96. The molecule has 4 rings (SSSR count). The van der Waals surface area contributed by atoms with Gasteiger partial charge < -0.3 is 19.2 Å². The Morgan fingerprint density at radius 3 is 2.54 bits per heavy atom. The number of ether oxygens (including phenoxy) is 2. The Bertz CT molecular complexity index is 1360. The maximum atomic E-state index is 13.0. The van der Waals surface area contributed by atoms with Crippen molar-refractivity contribution in [3.63, 3.8) is 0 Å². The van der Waals surface area contributed by atoms with Gasteiger partial charge in [-0.1, -0.05) is 18.2 Å². The van der Waals surface area contributed by atoms with E-state index in [-0.39, 0.29) is 18.2 Å². The van der Waals surface area contributed by atoms with E-state index in [0.717, 1.165) is 11.3 Å². The van der Waals surface area contributed by atoms with E-state index in [9.17, 15) is 14.0 Å². The Hall–Kier alpha value is -4.40. The van der Waals surface area contributed by atoms with Crippen molar-refractivity contribution >= 4 is 17.6 Å². The number of esters is 1. The minimum absolute atomic E-state index is 0.0918. The predicted molar refractivity (Wildman–Crippen MR) is 126 cm³/mol. The molecule has 0 spiro atoms. The van der Waals surface area contributed by atoms with Gasteiger partial charge in [0.15, 0.2) is 5.76 Å². The van der Waals surface area contributed by atoms with Crippen LogP contribution in [0.3, 0.4) is 0 Å². The fourth-order valence-electron chi connectivity index (χ4n) is 3.60. The second-order valence-corrected chi connectivity index (χ2v) is 7.81. The monoisotopic (exact) mass is 477 g/mol. The van der Waals surface area contributed by atoms with Crippen LogP contribution >= 0.6 is 0 Å². The van der Waals surface area contributed by atoms with Crippen molar-refractivity contribution in [3.05, 3.63) is 101 Å². The van der Waals surface area contributed by atoms with Gasteiger partial charge in [-0.15, -0.1) is 0 Å². The van der Waals surface area contributed by atoms with Gasteiger partial charge in [-0.3, -0.25) is 9.48 Å². The first-order valence-corrected chi connectivity index (χ1v) is 10.8. The number of hydrogen-bond donors (Lipinski definition) is 1. The standard InChI is InChI=1S/C26H24FN3O5/c1-16-24(17(2)30(29-16)14-18-6-4-5-7-22(18)26(32)33-3)28-25(31)23-13-12-21(35-23)15-34-20-10-8-19(27)9-11-20/h4-13H,14-15H2,1-3H3,(H,28,31). The molecule has 0 aliphatic heterocycles. The molecule has 0 unspecified atom stereocenters. The highest BCUT2D eigenvalue weighted by Gasteiger charge is 2.19. The maximum Gasteiger partial charge on any atom is 0.338 e. The van der Waals surface area contributed by atoms with Crippen molar-refractivity contribution in [2.24, 2.45) is 0 Å². The number of hydrogen-bond acceptors (Lipinski definition) is 6. The van der Waals surface area contributed by atoms with Crippen LogP contribution < -0.4 is 10.1 Å². The molecule has 0 atom stereocenters. The van der Waals surface area contributed by atoms with Crippen LogP contribution in [0.5, 0.6) is 5.75 Å². The van der Waals surface area contributed by atoms with E-state index in [1.54, 1.807) is 35.9 Å². The largest absolute Gasteiger partial charge is 0.486 e. The topological polar surface area (TPSA) is 95.6 Å². The molecule has 180 valence electrons. The molecule has 8 nitrogen and oxygen atoms in total. The van der Waals surface area contributed by atoms with Crippen LogP contribution in [-0.2, 0) is 17.9 Å². The normalized spacial score (nSPS) is 10.7. The van der Waals surface area contributed by atoms with E-state index in [2.05, 4.69) is 10.4 Å². The summed E-state index contributed by atoms with van der Waals surface area (Å²) in [6.07, 6.45) is 0. The van der Waals surface area contributed by atoms with Crippen LogP contribution in [0, 0.1) is 19.7 Å². The van der Waals surface area contributed by atoms with E-state index in [1.807, 2.05) is 19.1 Å². The summed E-state index contributed by atoms with van der Waals surface area (Å²) >= 11 is 0. The number of aryl methyl sites for hydroxylation is 1. The Morgan fingerprint density at radius 1 is 1.06 bits per heavy atom. The number of aromatic nitrogens is 2. The van der Waals surface area contributed by atoms with Crippen LogP contribution in [0.2, 0.25) is 0 Å². The molecule has 9 heteroatoms. The molecule has 0 fully saturated rings. The highest BCUT2D eigenvalue weighted by atomic mass is 19.1. The molecule has 1 N–H and O–H groups in total. The number of nitrogens with one attached hydrogen (secondary N) is 1. The summed E-state index contributed by atoms with van der Waals surface area (Å²) in [4.78, 5) is 24.9. The lowest BCUT2D eigenvalue weighted by Gasteiger charge is -2.10. The van der Waals surface area contributed by atoms with Gasteiger partial charge in [0.05, 0.1) is 36.3 Å². The smallest absolute Gasteiger partial charge is 0.338 e. The van der Waals surface area contributed by atoms with E-state index in [0.29, 0.717) is 35.0 Å². The molecule has 2 aromatic carbocycles. The van der Waals surface area contributed by atoms with E-state index in [4.69, 9.17) is 13.9 Å². The SMILES string of the molecule is COC(=O)c1ccccc1Cn1nc(C)c(NC(=O)c2ccc(COc3ccc(F)cc3)o2)c1C. The molecule has 0 aliphatic rings. The van der Waals surface area contributed by atoms with Crippen molar-refractivity contribution in [3.8, 4) is 5.75 Å². The van der Waals surface area contributed by atoms with Crippen LogP contribution in [0.15, 0.2) is 65.1 Å². The zero-order valence-corrected chi connectivity index (χ0v) is 19.5. The zero-order chi connectivity index (χ0) is 24.9. The Labute approximate surface area is 201 Å². The fraction of sp³-hybridized carbons (Fsp3) is 0.192. The summed E-state index contributed by atoms with van der Waals surface area (Å²) in [5.41, 5.74) is 3.12. The lowest BCUT2D eigenvalue weighted by molar-refractivity contribution is 0.0599. The van der Waals surface area contributed by atoms with Gasteiger partial charge in [0.2, 0.25) is 0 Å². The molecule has 1 amide bonds. The third kappa shape index (κ3) is 5.40. The van der Waals surface area contributed by atoms with Crippen LogP contribution in [-0.4, -0.2) is 28.8 Å². The molecule has 2 heterocycles. The molecule has 2 aromatic heterocycles. The summed E-state index contributed by atoms with van der Waals surface area (Å²) in [7, 11) is 1.34. The quantitative estimate of drug-likeness (QED) is 0.363.